The van der Waals surface area contributed by atoms with Crippen molar-refractivity contribution in [3.05, 3.63) is 29.8 Å². The van der Waals surface area contributed by atoms with Gasteiger partial charge in [-0.2, -0.15) is 0 Å². The smallest absolute Gasteiger partial charge is 0.325 e. The average molecular weight is 236 g/mol. The quantitative estimate of drug-likeness (QED) is 0.709. The van der Waals surface area contributed by atoms with Crippen molar-refractivity contribution in [1.82, 2.24) is 10.2 Å². The maximum Gasteiger partial charge on any atom is 0.325 e. The molecule has 0 saturated carbocycles. The van der Waals surface area contributed by atoms with Crippen LogP contribution in [0.2, 0.25) is 0 Å². The SMILES string of the molecule is O=C(O)C(c1cccc(O)c1)N1CCNCC1. The molecule has 1 saturated heterocycles. The third-order valence-electron chi connectivity index (χ3n) is 2.94. The third-order valence-corrected chi connectivity index (χ3v) is 2.94. The number of nitrogens with one attached hydrogen (secondary N) is 1. The largest absolute Gasteiger partial charge is 0.508 e. The predicted molar refractivity (Wildman–Crippen MR) is 62.9 cm³/mol. The highest BCUT2D eigenvalue weighted by Crippen LogP contribution is 2.24. The van der Waals surface area contributed by atoms with Crippen LogP contribution >= 0.6 is 0 Å². The Hall–Kier alpha value is -1.59. The van der Waals surface area contributed by atoms with Crippen molar-refractivity contribution in [2.75, 3.05) is 26.2 Å². The molecule has 0 bridgehead atoms. The molecule has 2 rings (SSSR count). The molecular weight excluding hydrogens is 220 g/mol. The molecule has 1 atom stereocenters. The highest BCUT2D eigenvalue weighted by Gasteiger charge is 2.28. The Morgan fingerprint density at radius 1 is 1.35 bits per heavy atom. The summed E-state index contributed by atoms with van der Waals surface area (Å²) in [6.07, 6.45) is 0. The maximum absolute atomic E-state index is 11.4. The lowest BCUT2D eigenvalue weighted by Crippen LogP contribution is -2.47. The molecular formula is C12H16N2O3. The minimum absolute atomic E-state index is 0.101. The summed E-state index contributed by atoms with van der Waals surface area (Å²) in [6, 6.07) is 5.79. The number of phenols is 1. The fourth-order valence-corrected chi connectivity index (χ4v) is 2.14. The topological polar surface area (TPSA) is 72.8 Å². The monoisotopic (exact) mass is 236 g/mol. The fourth-order valence-electron chi connectivity index (χ4n) is 2.14. The van der Waals surface area contributed by atoms with Crippen LogP contribution in [0.3, 0.4) is 0 Å². The van der Waals surface area contributed by atoms with Crippen LogP contribution in [0.5, 0.6) is 5.75 Å². The Kier molecular flexibility index (Phi) is 3.61. The summed E-state index contributed by atoms with van der Waals surface area (Å²) in [5, 5.41) is 21.9. The molecule has 3 N–H and O–H groups in total. The van der Waals surface area contributed by atoms with Crippen LogP contribution in [0.4, 0.5) is 0 Å². The minimum atomic E-state index is -0.877. The first-order valence-electron chi connectivity index (χ1n) is 5.65. The number of hydrogen-bond acceptors (Lipinski definition) is 4. The van der Waals surface area contributed by atoms with E-state index in [2.05, 4.69) is 5.32 Å². The number of piperazine rings is 1. The van der Waals surface area contributed by atoms with Crippen LogP contribution in [0.25, 0.3) is 0 Å². The van der Waals surface area contributed by atoms with Gasteiger partial charge in [0, 0.05) is 26.2 Å². The summed E-state index contributed by atoms with van der Waals surface area (Å²) >= 11 is 0. The van der Waals surface area contributed by atoms with Crippen molar-refractivity contribution in [1.29, 1.82) is 0 Å². The number of carbonyl (C=O) groups is 1. The number of hydrogen-bond donors (Lipinski definition) is 3. The Balaban J connectivity index is 2.25. The van der Waals surface area contributed by atoms with Gasteiger partial charge >= 0.3 is 5.97 Å². The van der Waals surface area contributed by atoms with Gasteiger partial charge in [-0.15, -0.1) is 0 Å². The van der Waals surface area contributed by atoms with Gasteiger partial charge in [0.05, 0.1) is 0 Å². The second-order valence-electron chi connectivity index (χ2n) is 4.12. The predicted octanol–water partition coefficient (Wildman–Crippen LogP) is 0.423. The van der Waals surface area contributed by atoms with Crippen molar-refractivity contribution < 1.29 is 15.0 Å². The summed E-state index contributed by atoms with van der Waals surface area (Å²) in [5.74, 6) is -0.776. The van der Waals surface area contributed by atoms with Gasteiger partial charge in [-0.05, 0) is 17.7 Å². The minimum Gasteiger partial charge on any atom is -0.508 e. The molecule has 5 nitrogen and oxygen atoms in total. The number of rotatable bonds is 3. The summed E-state index contributed by atoms with van der Waals surface area (Å²) in [5.41, 5.74) is 0.624. The Labute approximate surface area is 99.7 Å². The molecule has 1 fully saturated rings. The molecule has 0 aliphatic carbocycles. The molecule has 1 aromatic carbocycles. The number of carboxylic acid groups (broad SMARTS) is 1. The van der Waals surface area contributed by atoms with Crippen LogP contribution < -0.4 is 5.32 Å². The van der Waals surface area contributed by atoms with Crippen molar-refractivity contribution >= 4 is 5.97 Å². The van der Waals surface area contributed by atoms with E-state index >= 15 is 0 Å². The van der Waals surface area contributed by atoms with E-state index in [0.29, 0.717) is 18.7 Å². The molecule has 1 aromatic rings. The first-order valence-corrected chi connectivity index (χ1v) is 5.65. The number of aromatic hydroxyl groups is 1. The van der Waals surface area contributed by atoms with Crippen LogP contribution in [0, 0.1) is 0 Å². The summed E-state index contributed by atoms with van der Waals surface area (Å²) in [7, 11) is 0. The molecule has 17 heavy (non-hydrogen) atoms. The lowest BCUT2D eigenvalue weighted by molar-refractivity contribution is -0.143. The van der Waals surface area contributed by atoms with Crippen molar-refractivity contribution in [2.45, 2.75) is 6.04 Å². The van der Waals surface area contributed by atoms with Gasteiger partial charge in [-0.1, -0.05) is 12.1 Å². The zero-order valence-corrected chi connectivity index (χ0v) is 9.47. The van der Waals surface area contributed by atoms with Crippen molar-refractivity contribution in [3.8, 4) is 5.75 Å². The van der Waals surface area contributed by atoms with Crippen LogP contribution in [-0.2, 0) is 4.79 Å². The molecule has 1 unspecified atom stereocenters. The number of nitrogens with zero attached hydrogens (tertiary/aromatic N) is 1. The van der Waals surface area contributed by atoms with E-state index in [4.69, 9.17) is 0 Å². The van der Waals surface area contributed by atoms with E-state index < -0.39 is 12.0 Å². The van der Waals surface area contributed by atoms with Gasteiger partial charge in [0.1, 0.15) is 11.8 Å². The van der Waals surface area contributed by atoms with E-state index in [1.807, 2.05) is 4.90 Å². The van der Waals surface area contributed by atoms with Gasteiger partial charge in [0.15, 0.2) is 0 Å². The second kappa shape index (κ2) is 5.16. The Bertz CT molecular complexity index is 402. The van der Waals surface area contributed by atoms with E-state index in [9.17, 15) is 15.0 Å². The highest BCUT2D eigenvalue weighted by molar-refractivity contribution is 5.75. The first-order chi connectivity index (χ1) is 8.18. The Morgan fingerprint density at radius 2 is 2.06 bits per heavy atom. The van der Waals surface area contributed by atoms with Crippen LogP contribution in [0.1, 0.15) is 11.6 Å². The fraction of sp³-hybridized carbons (Fsp3) is 0.417. The van der Waals surface area contributed by atoms with Crippen LogP contribution in [-0.4, -0.2) is 47.3 Å². The Morgan fingerprint density at radius 3 is 2.65 bits per heavy atom. The number of aliphatic carboxylic acids is 1. The average Bonchev–Trinajstić information content (AvgIpc) is 2.30. The van der Waals surface area contributed by atoms with Crippen LogP contribution in [0.15, 0.2) is 24.3 Å². The van der Waals surface area contributed by atoms with Gasteiger partial charge in [0.2, 0.25) is 0 Å². The molecule has 0 amide bonds. The highest BCUT2D eigenvalue weighted by atomic mass is 16.4. The number of benzene rings is 1. The van der Waals surface area contributed by atoms with Gasteiger partial charge in [0.25, 0.3) is 0 Å². The molecule has 1 aliphatic heterocycles. The molecule has 1 heterocycles. The molecule has 0 radical (unpaired) electrons. The molecule has 1 aliphatic rings. The number of carboxylic acids is 1. The lowest BCUT2D eigenvalue weighted by atomic mass is 10.0. The third kappa shape index (κ3) is 2.75. The number of phenolic OH excluding ortho intramolecular Hbond substituents is 1. The maximum atomic E-state index is 11.4. The zero-order valence-electron chi connectivity index (χ0n) is 9.47. The first kappa shape index (κ1) is 11.9. The van der Waals surface area contributed by atoms with Crippen molar-refractivity contribution in [2.24, 2.45) is 0 Å². The van der Waals surface area contributed by atoms with Crippen molar-refractivity contribution in [3.63, 3.8) is 0 Å². The second-order valence-corrected chi connectivity index (χ2v) is 4.12. The van der Waals surface area contributed by atoms with E-state index in [1.165, 1.54) is 6.07 Å². The normalized spacial score (nSPS) is 18.8. The zero-order chi connectivity index (χ0) is 12.3. The molecule has 0 spiro atoms. The van der Waals surface area contributed by atoms with Gasteiger partial charge in [-0.25, -0.2) is 0 Å². The summed E-state index contributed by atoms with van der Waals surface area (Å²) in [6.45, 7) is 2.99. The summed E-state index contributed by atoms with van der Waals surface area (Å²) in [4.78, 5) is 13.3. The standard InChI is InChI=1S/C12H16N2O3/c15-10-3-1-2-9(8-10)11(12(16)17)14-6-4-13-5-7-14/h1-3,8,11,13,15H,4-7H2,(H,16,17). The molecule has 5 heteroatoms. The molecule has 0 aromatic heterocycles. The lowest BCUT2D eigenvalue weighted by Gasteiger charge is -2.32. The van der Waals surface area contributed by atoms with E-state index in [-0.39, 0.29) is 5.75 Å². The van der Waals surface area contributed by atoms with E-state index in [1.54, 1.807) is 18.2 Å². The molecule has 92 valence electrons. The summed E-state index contributed by atoms with van der Waals surface area (Å²) < 4.78 is 0. The van der Waals surface area contributed by atoms with Gasteiger partial charge in [-0.3, -0.25) is 9.69 Å². The van der Waals surface area contributed by atoms with E-state index in [0.717, 1.165) is 13.1 Å². The van der Waals surface area contributed by atoms with Gasteiger partial charge < -0.3 is 15.5 Å².